The predicted octanol–water partition coefficient (Wildman–Crippen LogP) is 2.37. The second kappa shape index (κ2) is 7.14. The van der Waals surface area contributed by atoms with Crippen LogP contribution in [0.15, 0.2) is 22.7 Å². The number of ether oxygens (including phenoxy) is 1. The number of methoxy groups -OCH3 is 1. The average Bonchev–Trinajstić information content (AvgIpc) is 2.29. The minimum Gasteiger partial charge on any atom is -0.496 e. The topological polar surface area (TPSA) is 53.3 Å². The normalized spacial score (nSPS) is 10.2. The highest BCUT2D eigenvalue weighted by atomic mass is 79.9. The molecule has 0 radical (unpaired) electrons. The third-order valence-corrected chi connectivity index (χ3v) is 2.90. The van der Waals surface area contributed by atoms with Gasteiger partial charge in [-0.3, -0.25) is 9.69 Å². The Hall–Kier alpha value is -1.38. The lowest BCUT2D eigenvalue weighted by Gasteiger charge is -2.17. The summed E-state index contributed by atoms with van der Waals surface area (Å²) in [6, 6.07) is 7.61. The lowest BCUT2D eigenvalue weighted by Crippen LogP contribution is -2.25. The standard InChI is InChI=1S/C13H15BrN2O2/c1-16(9-12(17)5-6-15)8-10-7-11(14)3-4-13(10)18-2/h3-4,7H,5,8-9H2,1-2H3. The quantitative estimate of drug-likeness (QED) is 0.809. The van der Waals surface area contributed by atoms with Gasteiger partial charge in [-0.2, -0.15) is 5.26 Å². The first-order valence-corrected chi connectivity index (χ1v) is 6.25. The van der Waals surface area contributed by atoms with E-state index in [1.165, 1.54) is 0 Å². The molecule has 4 nitrogen and oxygen atoms in total. The molecule has 1 aromatic rings. The Morgan fingerprint density at radius 3 is 2.89 bits per heavy atom. The van der Waals surface area contributed by atoms with Gasteiger partial charge in [0.1, 0.15) is 5.75 Å². The average molecular weight is 311 g/mol. The zero-order chi connectivity index (χ0) is 13.5. The van der Waals surface area contributed by atoms with Crippen molar-refractivity contribution in [3.05, 3.63) is 28.2 Å². The number of benzene rings is 1. The van der Waals surface area contributed by atoms with Crippen molar-refractivity contribution in [2.24, 2.45) is 0 Å². The van der Waals surface area contributed by atoms with Crippen molar-refractivity contribution >= 4 is 21.7 Å². The van der Waals surface area contributed by atoms with E-state index in [2.05, 4.69) is 15.9 Å². The molecule has 0 aliphatic carbocycles. The SMILES string of the molecule is COc1ccc(Br)cc1CN(C)CC(=O)CC#N. The largest absolute Gasteiger partial charge is 0.496 e. The molecule has 0 aliphatic heterocycles. The first kappa shape index (κ1) is 14.7. The molecular weight excluding hydrogens is 296 g/mol. The molecule has 18 heavy (non-hydrogen) atoms. The van der Waals surface area contributed by atoms with Gasteiger partial charge in [-0.15, -0.1) is 0 Å². The molecule has 5 heteroatoms. The lowest BCUT2D eigenvalue weighted by atomic mass is 10.2. The Balaban J connectivity index is 2.69. The van der Waals surface area contributed by atoms with Gasteiger partial charge >= 0.3 is 0 Å². The van der Waals surface area contributed by atoms with E-state index in [4.69, 9.17) is 10.00 Å². The number of halogens is 1. The molecule has 96 valence electrons. The summed E-state index contributed by atoms with van der Waals surface area (Å²) in [6.07, 6.45) is -0.0417. The molecule has 1 aromatic carbocycles. The van der Waals surface area contributed by atoms with E-state index >= 15 is 0 Å². The van der Waals surface area contributed by atoms with Crippen LogP contribution < -0.4 is 4.74 Å². The zero-order valence-corrected chi connectivity index (χ0v) is 12.0. The Labute approximate surface area is 115 Å². The Bertz CT molecular complexity index is 469. The Morgan fingerprint density at radius 1 is 1.56 bits per heavy atom. The van der Waals surface area contributed by atoms with E-state index < -0.39 is 0 Å². The molecule has 0 saturated carbocycles. The van der Waals surface area contributed by atoms with Gasteiger partial charge in [0.25, 0.3) is 0 Å². The molecule has 0 atom stereocenters. The number of likely N-dealkylation sites (N-methyl/N-ethyl adjacent to an activating group) is 1. The van der Waals surface area contributed by atoms with Gasteiger partial charge in [-0.25, -0.2) is 0 Å². The zero-order valence-electron chi connectivity index (χ0n) is 10.4. The van der Waals surface area contributed by atoms with E-state index in [1.807, 2.05) is 36.2 Å². The van der Waals surface area contributed by atoms with Crippen molar-refractivity contribution in [2.75, 3.05) is 20.7 Å². The molecule has 0 N–H and O–H groups in total. The van der Waals surface area contributed by atoms with Gasteiger partial charge in [0, 0.05) is 16.6 Å². The lowest BCUT2D eigenvalue weighted by molar-refractivity contribution is -0.119. The fourth-order valence-corrected chi connectivity index (χ4v) is 2.07. The highest BCUT2D eigenvalue weighted by Gasteiger charge is 2.10. The smallest absolute Gasteiger partial charge is 0.160 e. The number of ketones is 1. The summed E-state index contributed by atoms with van der Waals surface area (Å²) < 4.78 is 6.24. The van der Waals surface area contributed by atoms with Gasteiger partial charge in [0.05, 0.1) is 26.1 Å². The molecule has 0 aromatic heterocycles. The first-order chi connectivity index (χ1) is 8.56. The van der Waals surface area contributed by atoms with E-state index in [0.717, 1.165) is 15.8 Å². The van der Waals surface area contributed by atoms with Crippen LogP contribution in [0.25, 0.3) is 0 Å². The summed E-state index contributed by atoms with van der Waals surface area (Å²) in [6.45, 7) is 0.864. The summed E-state index contributed by atoms with van der Waals surface area (Å²) in [4.78, 5) is 13.2. The molecule has 0 heterocycles. The predicted molar refractivity (Wildman–Crippen MR) is 72.3 cm³/mol. The number of rotatable bonds is 6. The summed E-state index contributed by atoms with van der Waals surface area (Å²) in [7, 11) is 3.46. The molecule has 0 amide bonds. The van der Waals surface area contributed by atoms with E-state index in [0.29, 0.717) is 6.54 Å². The molecule has 0 fully saturated rings. The third kappa shape index (κ3) is 4.47. The second-order valence-electron chi connectivity index (χ2n) is 4.00. The van der Waals surface area contributed by atoms with E-state index in [1.54, 1.807) is 7.11 Å². The Kier molecular flexibility index (Phi) is 5.83. The van der Waals surface area contributed by atoms with Crippen molar-refractivity contribution in [1.29, 1.82) is 5.26 Å². The minimum atomic E-state index is -0.0750. The molecular formula is C13H15BrN2O2. The highest BCUT2D eigenvalue weighted by Crippen LogP contribution is 2.23. The number of nitriles is 1. The highest BCUT2D eigenvalue weighted by molar-refractivity contribution is 9.10. The molecule has 0 bridgehead atoms. The van der Waals surface area contributed by atoms with Crippen molar-refractivity contribution < 1.29 is 9.53 Å². The number of hydrogen-bond acceptors (Lipinski definition) is 4. The fraction of sp³-hybridized carbons (Fsp3) is 0.385. The van der Waals surface area contributed by atoms with Crippen LogP contribution in [0.5, 0.6) is 5.75 Å². The summed E-state index contributed by atoms with van der Waals surface area (Å²) >= 11 is 3.41. The van der Waals surface area contributed by atoms with Crippen molar-refractivity contribution in [3.8, 4) is 11.8 Å². The summed E-state index contributed by atoms with van der Waals surface area (Å²) in [5.74, 6) is 0.715. The van der Waals surface area contributed by atoms with Gasteiger partial charge in [-0.1, -0.05) is 15.9 Å². The van der Waals surface area contributed by atoms with Crippen LogP contribution in [0.3, 0.4) is 0 Å². The number of carbonyl (C=O) groups is 1. The first-order valence-electron chi connectivity index (χ1n) is 5.46. The number of nitrogens with zero attached hydrogens (tertiary/aromatic N) is 2. The van der Waals surface area contributed by atoms with Gasteiger partial charge in [-0.05, 0) is 25.2 Å². The maximum atomic E-state index is 11.4. The van der Waals surface area contributed by atoms with Crippen molar-refractivity contribution in [1.82, 2.24) is 4.90 Å². The Morgan fingerprint density at radius 2 is 2.28 bits per heavy atom. The van der Waals surface area contributed by atoms with E-state index in [9.17, 15) is 4.79 Å². The summed E-state index contributed by atoms with van der Waals surface area (Å²) in [5.41, 5.74) is 0.999. The van der Waals surface area contributed by atoms with Crippen LogP contribution in [0.4, 0.5) is 0 Å². The minimum absolute atomic E-state index is 0.0417. The van der Waals surface area contributed by atoms with Gasteiger partial charge < -0.3 is 4.74 Å². The molecule has 0 unspecified atom stereocenters. The number of Topliss-reactive ketones (excluding diaryl/α,β-unsaturated/α-hetero) is 1. The van der Waals surface area contributed by atoms with Crippen molar-refractivity contribution in [2.45, 2.75) is 13.0 Å². The monoisotopic (exact) mass is 310 g/mol. The molecule has 1 rings (SSSR count). The van der Waals surface area contributed by atoms with Crippen LogP contribution in [0.2, 0.25) is 0 Å². The maximum absolute atomic E-state index is 11.4. The van der Waals surface area contributed by atoms with Crippen LogP contribution in [-0.4, -0.2) is 31.4 Å². The van der Waals surface area contributed by atoms with Crippen LogP contribution in [-0.2, 0) is 11.3 Å². The number of carbonyl (C=O) groups excluding carboxylic acids is 1. The fourth-order valence-electron chi connectivity index (χ4n) is 1.66. The van der Waals surface area contributed by atoms with Crippen LogP contribution in [0, 0.1) is 11.3 Å². The maximum Gasteiger partial charge on any atom is 0.160 e. The van der Waals surface area contributed by atoms with Gasteiger partial charge in [0.15, 0.2) is 5.78 Å². The molecule has 0 spiro atoms. The molecule has 0 saturated heterocycles. The second-order valence-corrected chi connectivity index (χ2v) is 4.92. The van der Waals surface area contributed by atoms with E-state index in [-0.39, 0.29) is 18.7 Å². The number of hydrogen-bond donors (Lipinski definition) is 0. The third-order valence-electron chi connectivity index (χ3n) is 2.41. The van der Waals surface area contributed by atoms with Crippen molar-refractivity contribution in [3.63, 3.8) is 0 Å². The molecule has 0 aliphatic rings. The van der Waals surface area contributed by atoms with Crippen LogP contribution >= 0.6 is 15.9 Å². The van der Waals surface area contributed by atoms with Gasteiger partial charge in [0.2, 0.25) is 0 Å². The van der Waals surface area contributed by atoms with Crippen LogP contribution in [0.1, 0.15) is 12.0 Å². The summed E-state index contributed by atoms with van der Waals surface area (Å²) in [5, 5.41) is 8.44.